The highest BCUT2D eigenvalue weighted by Gasteiger charge is 2.31. The first-order chi connectivity index (χ1) is 66.2. The van der Waals surface area contributed by atoms with Crippen molar-refractivity contribution in [1.82, 2.24) is 10.6 Å². The molecule has 0 aliphatic carbocycles. The molecule has 0 aliphatic rings. The lowest BCUT2D eigenvalue weighted by Gasteiger charge is -2.32. The summed E-state index contributed by atoms with van der Waals surface area (Å²) in [5.74, 6) is -4.14. The number of hydrogen-bond acceptors (Lipinski definition) is 32. The van der Waals surface area contributed by atoms with E-state index in [1.54, 1.807) is 186 Å². The Balaban J connectivity index is -0.000000200. The molecule has 140 heavy (non-hydrogen) atoms. The molecule has 8 atom stereocenters. The van der Waals surface area contributed by atoms with Gasteiger partial charge in [-0.15, -0.1) is 6.58 Å². The van der Waals surface area contributed by atoms with Crippen LogP contribution in [0.25, 0.3) is 0 Å². The summed E-state index contributed by atoms with van der Waals surface area (Å²) >= 11 is 0. The van der Waals surface area contributed by atoms with Crippen LogP contribution in [0.4, 0.5) is 0 Å². The molecule has 0 saturated heterocycles. The molecule has 0 heterocycles. The summed E-state index contributed by atoms with van der Waals surface area (Å²) in [4.78, 5) is 111. The smallest absolute Gasteiger partial charge is 0.331 e. The molecular formula is C106H164N2O32. The molecule has 1 aromatic rings. The van der Waals surface area contributed by atoms with Gasteiger partial charge in [-0.1, -0.05) is 254 Å². The Hall–Kier alpha value is -12.1. The van der Waals surface area contributed by atoms with Gasteiger partial charge < -0.3 is 119 Å². The molecule has 0 fully saturated rings. The molecule has 34 heteroatoms. The van der Waals surface area contributed by atoms with Gasteiger partial charge in [0.2, 0.25) is 11.8 Å². The Morgan fingerprint density at radius 1 is 0.371 bits per heavy atom. The third-order valence-electron chi connectivity index (χ3n) is 14.9. The summed E-state index contributed by atoms with van der Waals surface area (Å²) in [5, 5.41) is 104. The molecule has 0 aromatic heterocycles. The number of ether oxygens (including phenoxy) is 11. The number of carbonyl (C=O) groups excluding carboxylic acids is 10. The lowest BCUT2D eigenvalue weighted by atomic mass is 9.81. The van der Waals surface area contributed by atoms with Gasteiger partial charge in [0.1, 0.15) is 56.4 Å². The molecule has 790 valence electrons. The molecule has 13 N–H and O–H groups in total. The first kappa shape index (κ1) is 146. The first-order valence-electron chi connectivity index (χ1n) is 44.7. The molecule has 1 aromatic carbocycles. The fourth-order valence-electron chi connectivity index (χ4n) is 8.01. The number of hydrogen-bond donors (Lipinski definition) is 13. The molecule has 0 saturated carbocycles. The average molecular weight is 1980 g/mol. The Morgan fingerprint density at radius 2 is 0.686 bits per heavy atom. The predicted octanol–water partition coefficient (Wildman–Crippen LogP) is 11.4. The van der Waals surface area contributed by atoms with Gasteiger partial charge in [-0.05, 0) is 108 Å². The predicted molar refractivity (Wildman–Crippen MR) is 547 cm³/mol. The van der Waals surface area contributed by atoms with E-state index in [1.165, 1.54) is 79.0 Å². The Bertz CT molecular complexity index is 3930. The van der Waals surface area contributed by atoms with E-state index in [0.29, 0.717) is 13.2 Å². The molecule has 34 nitrogen and oxygen atoms in total. The number of benzene rings is 1. The van der Waals surface area contributed by atoms with Crippen LogP contribution in [-0.4, -0.2) is 283 Å². The van der Waals surface area contributed by atoms with E-state index in [-0.39, 0.29) is 130 Å². The number of esters is 8. The van der Waals surface area contributed by atoms with E-state index in [2.05, 4.69) is 26.7 Å². The molecule has 8 unspecified atom stereocenters. The SMILES string of the molecule is C.C/C=C/C=C/C(=O)NC(C)(C)CO.C/C=C/C=C/C(=O)NCCO.C/C=C/C=C/C(=O)OC(C)CO.C/C=C/C=C/C(=O)OC(CO)COCCOCC(CO)OC(=O)/C=C/C=C/C.C/C=C/C=C/C(=O)OCC(C)(C)C(O)C(C)C.C/C=C/C=C/C(=O)OCC(C)O.C/C=C/C=C/C(=O)OCC(O)CO.C/C=C/C=C/C(=O)OCC(O)c1ccccc1.C=CCOCC(CO)OC(=O)/C=C/C=C/C. The van der Waals surface area contributed by atoms with E-state index in [9.17, 15) is 68.4 Å². The van der Waals surface area contributed by atoms with Gasteiger partial charge in [0.25, 0.3) is 0 Å². The van der Waals surface area contributed by atoms with Crippen molar-refractivity contribution in [2.45, 2.75) is 186 Å². The highest BCUT2D eigenvalue weighted by atomic mass is 16.6. The van der Waals surface area contributed by atoms with Gasteiger partial charge in [-0.2, -0.15) is 0 Å². The van der Waals surface area contributed by atoms with E-state index in [0.717, 1.165) is 5.56 Å². The van der Waals surface area contributed by atoms with Crippen LogP contribution in [0.1, 0.15) is 144 Å². The molecule has 0 spiro atoms. The topological polar surface area (TPSA) is 519 Å². The maximum Gasteiger partial charge on any atom is 0.331 e. The standard InChI is InChI=1S/C20H30O8.C14H16O3.C14H24O3.C12H18O4.C10H17NO2.C9H14O4.2C9H14O3.C8H13NO2.CH4/c1-3-5-7-9-19(23)27-17(13-21)15-25-11-12-26-16-18(14-22)28-20(24)10-8-6-4-2;1-2-3-5-10-14(16)17-11-13(15)12-8-6-4-7-9-12;1-6-7-8-9-12(15)17-10-14(4,5)13(16)11(2)3;1-3-5-6-7-12(14)16-11(9-13)10-15-8-4-2;1-4-5-6-7-9(13)11-10(2,3)8-12;1-2-3-4-5-9(12)13-7-8(11)6-10;1-3-4-5-6-9(11)12-7-8(2)10;1-3-4-5-6-9(11)12-8(2)7-10;1-2-3-4-5-8(11)9-6-7-10;/h3-10,17-18,21-22H,11-16H2,1-2H3;2-10,13,15H,11H2,1H3;6-9,11,13,16H,10H2,1-5H3;3-7,11,13H,2,8-10H2,1H3;4-7,12H,8H2,1-3H3,(H,11,13);2-5,8,10-11H,6-7H2,1H3;2*3-6,8,10H,7H2,1-2H3;2-5,10H,6-7H2,1H3,(H,9,11);1H4/b5-3+,6-4+,9-7+,10-8+;3-2+,10-5+;7-6+,9-8+;5-3+,7-6+;5-4+,7-6+;3-2+,5-4+;2*4-3+,6-5+;3-2+,5-4+;. The molecule has 2 amide bonds. The van der Waals surface area contributed by atoms with E-state index in [1.807, 2.05) is 139 Å². The number of nitrogens with one attached hydrogen (secondary N) is 2. The zero-order valence-electron chi connectivity index (χ0n) is 84.2. The molecule has 1 rings (SSSR count). The van der Waals surface area contributed by atoms with Crippen LogP contribution in [-0.2, 0) is 100 Å². The summed E-state index contributed by atoms with van der Waals surface area (Å²) in [6.07, 6.45) is 60.3. The van der Waals surface area contributed by atoms with Crippen molar-refractivity contribution in [3.63, 3.8) is 0 Å². The van der Waals surface area contributed by atoms with E-state index >= 15 is 0 Å². The highest BCUT2D eigenvalue weighted by Crippen LogP contribution is 2.26. The van der Waals surface area contributed by atoms with E-state index < -0.39 is 108 Å². The number of carbonyl (C=O) groups is 10. The average Bonchev–Trinajstić information content (AvgIpc) is 0.866. The van der Waals surface area contributed by atoms with Crippen molar-refractivity contribution in [3.8, 4) is 0 Å². The van der Waals surface area contributed by atoms with Crippen LogP contribution in [0, 0.1) is 11.3 Å². The molecule has 0 bridgehead atoms. The van der Waals surface area contributed by atoms with Crippen molar-refractivity contribution in [2.75, 3.05) is 119 Å². The monoisotopic (exact) mass is 1980 g/mol. The van der Waals surface area contributed by atoms with Gasteiger partial charge in [0.15, 0.2) is 0 Å². The second kappa shape index (κ2) is 107. The summed E-state index contributed by atoms with van der Waals surface area (Å²) in [6.45, 7) is 35.9. The van der Waals surface area contributed by atoms with Crippen LogP contribution in [0.5, 0.6) is 0 Å². The fourth-order valence-corrected chi connectivity index (χ4v) is 8.01. The summed E-state index contributed by atoms with van der Waals surface area (Å²) in [6, 6.07) is 9.09. The normalized spacial score (nSPS) is 13.4. The molecule has 0 aliphatic heterocycles. The highest BCUT2D eigenvalue weighted by molar-refractivity contribution is 5.89. The largest absolute Gasteiger partial charge is 0.462 e. The van der Waals surface area contributed by atoms with Gasteiger partial charge >= 0.3 is 47.8 Å². The summed E-state index contributed by atoms with van der Waals surface area (Å²) in [7, 11) is 0. The minimum Gasteiger partial charge on any atom is -0.462 e. The zero-order valence-corrected chi connectivity index (χ0v) is 84.2. The Morgan fingerprint density at radius 3 is 0.993 bits per heavy atom. The third kappa shape index (κ3) is 111. The second-order valence-electron chi connectivity index (χ2n) is 29.3. The number of rotatable bonds is 55. The van der Waals surface area contributed by atoms with Crippen LogP contribution >= 0.6 is 0 Å². The number of allylic oxidation sites excluding steroid dienone is 30. The van der Waals surface area contributed by atoms with E-state index in [4.69, 9.17) is 78.4 Å². The third-order valence-corrected chi connectivity index (χ3v) is 14.9. The Labute approximate surface area is 830 Å². The minimum absolute atomic E-state index is 0. The van der Waals surface area contributed by atoms with Gasteiger partial charge in [0, 0.05) is 72.7 Å². The van der Waals surface area contributed by atoms with Crippen LogP contribution in [0.2, 0.25) is 0 Å². The minimum atomic E-state index is -1.00. The van der Waals surface area contributed by atoms with Crippen molar-refractivity contribution < 1.29 is 156 Å². The maximum absolute atomic E-state index is 11.5. The zero-order chi connectivity index (χ0) is 107. The molecule has 0 radical (unpaired) electrons. The number of aliphatic hydroxyl groups excluding tert-OH is 11. The molecular weight excluding hydrogens is 1810 g/mol. The van der Waals surface area contributed by atoms with Crippen LogP contribution in [0.3, 0.4) is 0 Å². The second-order valence-corrected chi connectivity index (χ2v) is 29.3. The first-order valence-corrected chi connectivity index (χ1v) is 44.7. The van der Waals surface area contributed by atoms with Crippen molar-refractivity contribution in [2.24, 2.45) is 11.3 Å². The van der Waals surface area contributed by atoms with Crippen LogP contribution < -0.4 is 10.6 Å². The Kier molecular flexibility index (Phi) is 112. The van der Waals surface area contributed by atoms with Gasteiger partial charge in [0.05, 0.1) is 110 Å². The number of amides is 2. The lowest BCUT2D eigenvalue weighted by molar-refractivity contribution is -0.151. The number of aliphatic hydroxyl groups is 11. The van der Waals surface area contributed by atoms with Gasteiger partial charge in [-0.25, -0.2) is 38.4 Å². The fraction of sp³-hybridized carbons (Fsp3) is 0.453. The van der Waals surface area contributed by atoms with Crippen molar-refractivity contribution >= 4 is 59.6 Å². The van der Waals surface area contributed by atoms with Crippen molar-refractivity contribution in [3.05, 3.63) is 292 Å². The lowest BCUT2D eigenvalue weighted by Crippen LogP contribution is -2.45. The summed E-state index contributed by atoms with van der Waals surface area (Å²) < 4.78 is 54.5. The quantitative estimate of drug-likeness (QED) is 0.00719. The maximum atomic E-state index is 11.5. The van der Waals surface area contributed by atoms with Crippen LogP contribution in [0.15, 0.2) is 286 Å². The van der Waals surface area contributed by atoms with Crippen molar-refractivity contribution in [1.29, 1.82) is 0 Å². The summed E-state index contributed by atoms with van der Waals surface area (Å²) in [5.41, 5.74) is -0.256. The van der Waals surface area contributed by atoms with Gasteiger partial charge in [-0.3, -0.25) is 9.59 Å².